The van der Waals surface area contributed by atoms with Gasteiger partial charge in [0.1, 0.15) is 10.3 Å². The Hall–Kier alpha value is -3.50. The van der Waals surface area contributed by atoms with Crippen molar-refractivity contribution < 1.29 is 19.1 Å². The first-order chi connectivity index (χ1) is 18.9. The standard InChI is InChI=1S/C29H28BrN3O5S/c1-5-10-19-23(28(36)38-7-3)24(16-13-14-21(37-4)18(30)15-16)33-27(35)25(39-29(33)31-19)22-17-11-8-9-12-20(17)32(6-2)26(22)34/h8-9,11-15,24H,5-7,10H2,1-4H3/b25-22+/t24-/m1/s1. The number of nitrogens with zero attached hydrogens (tertiary/aromatic N) is 3. The van der Waals surface area contributed by atoms with Crippen LogP contribution in [0.2, 0.25) is 0 Å². The summed E-state index contributed by atoms with van der Waals surface area (Å²) in [5.74, 6) is -0.109. The molecular formula is C29H28BrN3O5S. The zero-order chi connectivity index (χ0) is 27.8. The molecule has 1 atom stereocenters. The molecule has 10 heteroatoms. The van der Waals surface area contributed by atoms with Crippen molar-refractivity contribution in [1.82, 2.24) is 4.57 Å². The molecule has 2 aliphatic heterocycles. The summed E-state index contributed by atoms with van der Waals surface area (Å²) in [6, 6.07) is 12.2. The summed E-state index contributed by atoms with van der Waals surface area (Å²) in [5.41, 5.74) is 3.09. The molecule has 0 unspecified atom stereocenters. The molecule has 5 rings (SSSR count). The minimum Gasteiger partial charge on any atom is -0.496 e. The minimum atomic E-state index is -0.785. The zero-order valence-corrected chi connectivity index (χ0v) is 24.5. The fourth-order valence-electron chi connectivity index (χ4n) is 5.15. The molecule has 0 aliphatic carbocycles. The van der Waals surface area contributed by atoms with E-state index in [0.717, 1.165) is 17.7 Å². The molecule has 3 heterocycles. The van der Waals surface area contributed by atoms with E-state index in [-0.39, 0.29) is 18.1 Å². The first-order valence-electron chi connectivity index (χ1n) is 12.8. The third kappa shape index (κ3) is 4.45. The quantitative estimate of drug-likeness (QED) is 0.376. The summed E-state index contributed by atoms with van der Waals surface area (Å²) in [4.78, 5) is 48.1. The van der Waals surface area contributed by atoms with Gasteiger partial charge < -0.3 is 14.4 Å². The number of allylic oxidation sites excluding steroid dienone is 1. The Morgan fingerprint density at radius 2 is 1.90 bits per heavy atom. The van der Waals surface area contributed by atoms with Crippen LogP contribution in [0.3, 0.4) is 0 Å². The van der Waals surface area contributed by atoms with Crippen LogP contribution in [0, 0.1) is 0 Å². The number of thiazole rings is 1. The maximum Gasteiger partial charge on any atom is 0.338 e. The number of hydrogen-bond acceptors (Lipinski definition) is 7. The average Bonchev–Trinajstić information content (AvgIpc) is 3.40. The number of hydrogen-bond donors (Lipinski definition) is 0. The van der Waals surface area contributed by atoms with E-state index in [1.165, 1.54) is 15.9 Å². The van der Waals surface area contributed by atoms with Gasteiger partial charge in [0.15, 0.2) is 4.80 Å². The van der Waals surface area contributed by atoms with Crippen molar-refractivity contribution in [2.45, 2.75) is 39.7 Å². The average molecular weight is 611 g/mol. The van der Waals surface area contributed by atoms with Crippen molar-refractivity contribution in [3.63, 3.8) is 0 Å². The Morgan fingerprint density at radius 1 is 1.13 bits per heavy atom. The molecule has 8 nitrogen and oxygen atoms in total. The highest BCUT2D eigenvalue weighted by Gasteiger charge is 2.37. The van der Waals surface area contributed by atoms with Crippen molar-refractivity contribution in [3.8, 4) is 5.75 Å². The van der Waals surface area contributed by atoms with E-state index in [1.807, 2.05) is 50.2 Å². The molecule has 1 aromatic heterocycles. The number of amides is 1. The highest BCUT2D eigenvalue weighted by molar-refractivity contribution is 9.10. The molecule has 0 saturated heterocycles. The smallest absolute Gasteiger partial charge is 0.338 e. The van der Waals surface area contributed by atoms with Crippen LogP contribution in [0.4, 0.5) is 5.69 Å². The number of carbonyl (C=O) groups is 2. The molecule has 2 aromatic carbocycles. The zero-order valence-electron chi connectivity index (χ0n) is 22.1. The number of carbonyl (C=O) groups excluding carboxylic acids is 2. The van der Waals surface area contributed by atoms with Gasteiger partial charge in [-0.2, -0.15) is 0 Å². The van der Waals surface area contributed by atoms with Crippen molar-refractivity contribution in [2.24, 2.45) is 4.99 Å². The first kappa shape index (κ1) is 27.1. The van der Waals surface area contributed by atoms with Gasteiger partial charge in [-0.05, 0) is 60.0 Å². The predicted octanol–water partition coefficient (Wildman–Crippen LogP) is 4.09. The fourth-order valence-corrected chi connectivity index (χ4v) is 6.82. The number of anilines is 1. The minimum absolute atomic E-state index is 0.188. The lowest BCUT2D eigenvalue weighted by atomic mass is 9.94. The van der Waals surface area contributed by atoms with Crippen molar-refractivity contribution in [1.29, 1.82) is 0 Å². The van der Waals surface area contributed by atoms with E-state index >= 15 is 0 Å². The third-order valence-electron chi connectivity index (χ3n) is 6.83. The van der Waals surface area contributed by atoms with E-state index in [9.17, 15) is 14.4 Å². The van der Waals surface area contributed by atoms with E-state index in [1.54, 1.807) is 25.0 Å². The second-order valence-electron chi connectivity index (χ2n) is 9.07. The summed E-state index contributed by atoms with van der Waals surface area (Å²) in [7, 11) is 1.57. The summed E-state index contributed by atoms with van der Waals surface area (Å²) >= 11 is 4.73. The topological polar surface area (TPSA) is 90.2 Å². The monoisotopic (exact) mass is 609 g/mol. The maximum absolute atomic E-state index is 14.2. The Bertz CT molecular complexity index is 1700. The van der Waals surface area contributed by atoms with E-state index in [4.69, 9.17) is 14.5 Å². The van der Waals surface area contributed by atoms with Crippen LogP contribution in [0.15, 0.2) is 68.0 Å². The lowest BCUT2D eigenvalue weighted by Crippen LogP contribution is -2.41. The number of methoxy groups -OCH3 is 1. The summed E-state index contributed by atoms with van der Waals surface area (Å²) in [5, 5.41) is 0. The van der Waals surface area contributed by atoms with Gasteiger partial charge in [0.2, 0.25) is 0 Å². The van der Waals surface area contributed by atoms with Gasteiger partial charge >= 0.3 is 5.97 Å². The number of ether oxygens (including phenoxy) is 2. The second-order valence-corrected chi connectivity index (χ2v) is 10.9. The van der Waals surface area contributed by atoms with Gasteiger partial charge in [0, 0.05) is 12.1 Å². The number of esters is 1. The van der Waals surface area contributed by atoms with Crippen LogP contribution < -0.4 is 24.5 Å². The van der Waals surface area contributed by atoms with Gasteiger partial charge in [0.25, 0.3) is 11.5 Å². The molecular weight excluding hydrogens is 582 g/mol. The van der Waals surface area contributed by atoms with Crippen LogP contribution in [0.1, 0.15) is 50.8 Å². The Morgan fingerprint density at radius 3 is 2.56 bits per heavy atom. The predicted molar refractivity (Wildman–Crippen MR) is 154 cm³/mol. The summed E-state index contributed by atoms with van der Waals surface area (Å²) in [6.07, 6.45) is 1.28. The molecule has 3 aromatic rings. The van der Waals surface area contributed by atoms with Gasteiger partial charge in [0.05, 0.1) is 46.8 Å². The summed E-state index contributed by atoms with van der Waals surface area (Å²) < 4.78 is 13.4. The number of benzene rings is 2. The molecule has 0 N–H and O–H groups in total. The van der Waals surface area contributed by atoms with E-state index in [2.05, 4.69) is 15.9 Å². The molecule has 0 spiro atoms. The van der Waals surface area contributed by atoms with Crippen LogP contribution in [-0.4, -0.2) is 36.7 Å². The van der Waals surface area contributed by atoms with Crippen molar-refractivity contribution in [2.75, 3.05) is 25.2 Å². The van der Waals surface area contributed by atoms with Gasteiger partial charge in [-0.3, -0.25) is 14.2 Å². The number of para-hydroxylation sites is 1. The lowest BCUT2D eigenvalue weighted by Gasteiger charge is -2.26. The van der Waals surface area contributed by atoms with Gasteiger partial charge in [-0.25, -0.2) is 9.79 Å². The number of fused-ring (bicyclic) bond motifs is 2. The molecule has 39 heavy (non-hydrogen) atoms. The fraction of sp³-hybridized carbons (Fsp3) is 0.310. The van der Waals surface area contributed by atoms with Crippen molar-refractivity contribution in [3.05, 3.63) is 89.0 Å². The second kappa shape index (κ2) is 10.9. The van der Waals surface area contributed by atoms with Gasteiger partial charge in [-0.1, -0.05) is 48.9 Å². The number of aromatic nitrogens is 1. The number of rotatable bonds is 7. The highest BCUT2D eigenvalue weighted by atomic mass is 79.9. The maximum atomic E-state index is 14.2. The highest BCUT2D eigenvalue weighted by Crippen LogP contribution is 2.37. The van der Waals surface area contributed by atoms with Crippen LogP contribution >= 0.6 is 27.3 Å². The number of likely N-dealkylation sites (N-methyl/N-ethyl adjacent to an activating group) is 1. The van der Waals surface area contributed by atoms with Gasteiger partial charge in [-0.15, -0.1) is 0 Å². The van der Waals surface area contributed by atoms with Crippen LogP contribution in [-0.2, 0) is 14.3 Å². The van der Waals surface area contributed by atoms with Crippen LogP contribution in [0.5, 0.6) is 5.75 Å². The first-order valence-corrected chi connectivity index (χ1v) is 14.5. The van der Waals surface area contributed by atoms with E-state index in [0.29, 0.717) is 54.9 Å². The Kier molecular flexibility index (Phi) is 7.59. The molecule has 0 fully saturated rings. The molecule has 1 amide bonds. The molecule has 202 valence electrons. The van der Waals surface area contributed by atoms with Crippen molar-refractivity contribution >= 4 is 50.4 Å². The molecule has 0 bridgehead atoms. The Labute approximate surface area is 238 Å². The molecule has 0 saturated carbocycles. The number of halogens is 1. The lowest BCUT2D eigenvalue weighted by molar-refractivity contribution is -0.139. The van der Waals surface area contributed by atoms with E-state index < -0.39 is 12.0 Å². The molecule has 2 aliphatic rings. The SMILES string of the molecule is CCCC1=C(C(=O)OCC)[C@@H](c2ccc(OC)c(Br)c2)n2c(s/c(=C3/C(=O)N(CC)c4ccccc43)c2=O)=N1. The third-order valence-corrected chi connectivity index (χ3v) is 8.50. The van der Waals surface area contributed by atoms with Crippen LogP contribution in [0.25, 0.3) is 5.57 Å². The normalized spacial score (nSPS) is 17.6. The summed E-state index contributed by atoms with van der Waals surface area (Å²) in [6.45, 7) is 6.33. The largest absolute Gasteiger partial charge is 0.496 e. The Balaban J connectivity index is 1.85. The molecule has 0 radical (unpaired) electrons.